The van der Waals surface area contributed by atoms with E-state index in [1.54, 1.807) is 6.08 Å². The van der Waals surface area contributed by atoms with Gasteiger partial charge in [-0.05, 0) is 55.3 Å². The molecular formula is C26H21BO2. The van der Waals surface area contributed by atoms with Gasteiger partial charge in [-0.2, -0.15) is 0 Å². The van der Waals surface area contributed by atoms with Crippen LogP contribution in [0.3, 0.4) is 0 Å². The van der Waals surface area contributed by atoms with Gasteiger partial charge in [-0.25, -0.2) is 0 Å². The lowest BCUT2D eigenvalue weighted by Gasteiger charge is -2.17. The number of benzene rings is 4. The number of hydrogen-bond donors (Lipinski definition) is 2. The summed E-state index contributed by atoms with van der Waals surface area (Å²) in [5, 5.41) is 23.9. The Labute approximate surface area is 170 Å². The molecule has 2 nitrogen and oxygen atoms in total. The molecule has 0 aromatic heterocycles. The monoisotopic (exact) mass is 376 g/mol. The summed E-state index contributed by atoms with van der Waals surface area (Å²) < 4.78 is 0. The van der Waals surface area contributed by atoms with E-state index in [1.807, 2.05) is 66.7 Å². The molecule has 4 aromatic rings. The second kappa shape index (κ2) is 7.92. The molecule has 0 aliphatic carbocycles. The van der Waals surface area contributed by atoms with Crippen molar-refractivity contribution in [2.24, 2.45) is 0 Å². The standard InChI is InChI=1S/C26H21BO2/c1-3-10-18(4-2)19-11-9-12-20(17-19)25-21-13-5-7-15-23(21)26(27(28)29)24-16-8-6-14-22(24)25/h3-17,28-29H,1-2H2/b18-10+. The molecular weight excluding hydrogens is 355 g/mol. The second-order valence-corrected chi connectivity index (χ2v) is 6.90. The summed E-state index contributed by atoms with van der Waals surface area (Å²) >= 11 is 0. The Morgan fingerprint density at radius 3 is 1.86 bits per heavy atom. The largest absolute Gasteiger partial charge is 0.489 e. The fourth-order valence-electron chi connectivity index (χ4n) is 4.01. The van der Waals surface area contributed by atoms with Gasteiger partial charge in [0.05, 0.1) is 0 Å². The maximum absolute atomic E-state index is 10.1. The zero-order valence-corrected chi connectivity index (χ0v) is 16.0. The molecule has 0 aliphatic rings. The molecule has 4 rings (SSSR count). The van der Waals surface area contributed by atoms with E-state index in [0.29, 0.717) is 5.46 Å². The maximum atomic E-state index is 10.1. The van der Waals surface area contributed by atoms with Crippen LogP contribution in [-0.4, -0.2) is 17.2 Å². The van der Waals surface area contributed by atoms with Gasteiger partial charge in [-0.15, -0.1) is 0 Å². The summed E-state index contributed by atoms with van der Waals surface area (Å²) in [6.45, 7) is 7.71. The summed E-state index contributed by atoms with van der Waals surface area (Å²) in [6.07, 6.45) is 5.52. The van der Waals surface area contributed by atoms with Gasteiger partial charge in [-0.3, -0.25) is 0 Å². The predicted molar refractivity (Wildman–Crippen MR) is 125 cm³/mol. The van der Waals surface area contributed by atoms with Crippen molar-refractivity contribution in [3.63, 3.8) is 0 Å². The lowest BCUT2D eigenvalue weighted by atomic mass is 9.72. The Bertz CT molecular complexity index is 1210. The van der Waals surface area contributed by atoms with Crippen molar-refractivity contribution in [2.75, 3.05) is 0 Å². The van der Waals surface area contributed by atoms with Crippen LogP contribution in [-0.2, 0) is 0 Å². The molecule has 0 bridgehead atoms. The van der Waals surface area contributed by atoms with Crippen molar-refractivity contribution >= 4 is 39.7 Å². The molecule has 4 aromatic carbocycles. The number of allylic oxidation sites excluding steroid dienone is 4. The molecule has 0 radical (unpaired) electrons. The van der Waals surface area contributed by atoms with Gasteiger partial charge in [0.15, 0.2) is 0 Å². The van der Waals surface area contributed by atoms with Crippen LogP contribution >= 0.6 is 0 Å². The first-order valence-corrected chi connectivity index (χ1v) is 9.51. The van der Waals surface area contributed by atoms with E-state index < -0.39 is 7.12 Å². The molecule has 0 amide bonds. The van der Waals surface area contributed by atoms with Gasteiger partial charge in [0.25, 0.3) is 0 Å². The lowest BCUT2D eigenvalue weighted by molar-refractivity contribution is 0.426. The van der Waals surface area contributed by atoms with Crippen LogP contribution in [0.15, 0.2) is 104 Å². The molecule has 0 unspecified atom stereocenters. The Morgan fingerprint density at radius 2 is 1.34 bits per heavy atom. The molecule has 3 heteroatoms. The summed E-state index contributed by atoms with van der Waals surface area (Å²) in [6, 6.07) is 24.1. The van der Waals surface area contributed by atoms with Gasteiger partial charge < -0.3 is 10.0 Å². The van der Waals surface area contributed by atoms with Crippen LogP contribution in [0.4, 0.5) is 0 Å². The maximum Gasteiger partial charge on any atom is 0.489 e. The van der Waals surface area contributed by atoms with Crippen LogP contribution in [0.5, 0.6) is 0 Å². The van der Waals surface area contributed by atoms with Crippen molar-refractivity contribution in [3.05, 3.63) is 110 Å². The average Bonchev–Trinajstić information content (AvgIpc) is 2.75. The van der Waals surface area contributed by atoms with Crippen molar-refractivity contribution in [1.82, 2.24) is 0 Å². The molecule has 0 saturated heterocycles. The summed E-state index contributed by atoms with van der Waals surface area (Å²) in [5.74, 6) is 0. The first-order chi connectivity index (χ1) is 14.2. The Hall–Kier alpha value is -3.40. The van der Waals surface area contributed by atoms with E-state index in [9.17, 15) is 10.0 Å². The van der Waals surface area contributed by atoms with E-state index in [-0.39, 0.29) is 0 Å². The highest BCUT2D eigenvalue weighted by molar-refractivity contribution is 6.66. The lowest BCUT2D eigenvalue weighted by Crippen LogP contribution is -2.31. The highest BCUT2D eigenvalue weighted by atomic mass is 16.4. The van der Waals surface area contributed by atoms with E-state index in [4.69, 9.17) is 0 Å². The molecule has 0 saturated carbocycles. The van der Waals surface area contributed by atoms with Crippen LogP contribution in [0.2, 0.25) is 0 Å². The van der Waals surface area contributed by atoms with Crippen LogP contribution < -0.4 is 5.46 Å². The fourth-order valence-corrected chi connectivity index (χ4v) is 4.01. The van der Waals surface area contributed by atoms with E-state index in [2.05, 4.69) is 31.4 Å². The molecule has 29 heavy (non-hydrogen) atoms. The first kappa shape index (κ1) is 18.9. The summed E-state index contributed by atoms with van der Waals surface area (Å²) in [4.78, 5) is 0. The van der Waals surface area contributed by atoms with Gasteiger partial charge in [0, 0.05) is 0 Å². The summed E-state index contributed by atoms with van der Waals surface area (Å²) in [7, 11) is -1.55. The van der Waals surface area contributed by atoms with Crippen LogP contribution in [0, 0.1) is 0 Å². The normalized spacial score (nSPS) is 11.6. The van der Waals surface area contributed by atoms with Crippen molar-refractivity contribution in [1.29, 1.82) is 0 Å². The molecule has 0 aliphatic heterocycles. The minimum Gasteiger partial charge on any atom is -0.423 e. The van der Waals surface area contributed by atoms with Gasteiger partial charge in [-0.1, -0.05) is 98.1 Å². The Balaban J connectivity index is 2.12. The minimum absolute atomic E-state index is 0.537. The highest BCUT2D eigenvalue weighted by Crippen LogP contribution is 2.36. The molecule has 0 spiro atoms. The minimum atomic E-state index is -1.55. The zero-order chi connectivity index (χ0) is 20.4. The van der Waals surface area contributed by atoms with E-state index >= 15 is 0 Å². The van der Waals surface area contributed by atoms with Crippen molar-refractivity contribution in [3.8, 4) is 11.1 Å². The van der Waals surface area contributed by atoms with Crippen molar-refractivity contribution in [2.45, 2.75) is 0 Å². The number of fused-ring (bicyclic) bond motifs is 2. The van der Waals surface area contributed by atoms with Crippen LogP contribution in [0.25, 0.3) is 38.2 Å². The second-order valence-electron chi connectivity index (χ2n) is 6.90. The van der Waals surface area contributed by atoms with Gasteiger partial charge >= 0.3 is 7.12 Å². The SMILES string of the molecule is C=C/C=C(\C=C)c1cccc(-c2c3ccccc3c(B(O)O)c3ccccc23)c1. The average molecular weight is 376 g/mol. The molecule has 0 atom stereocenters. The first-order valence-electron chi connectivity index (χ1n) is 9.51. The van der Waals surface area contributed by atoms with E-state index in [1.165, 1.54) is 0 Å². The molecule has 0 heterocycles. The number of rotatable bonds is 5. The predicted octanol–water partition coefficient (Wildman–Crippen LogP) is 5.10. The Kier molecular flexibility index (Phi) is 5.17. The van der Waals surface area contributed by atoms with Gasteiger partial charge in [0.2, 0.25) is 0 Å². The molecule has 2 N–H and O–H groups in total. The smallest absolute Gasteiger partial charge is 0.423 e. The summed E-state index contributed by atoms with van der Waals surface area (Å²) in [5.41, 5.74) is 4.72. The van der Waals surface area contributed by atoms with E-state index in [0.717, 1.165) is 43.8 Å². The zero-order valence-electron chi connectivity index (χ0n) is 16.0. The topological polar surface area (TPSA) is 40.5 Å². The molecule has 140 valence electrons. The third kappa shape index (κ3) is 3.31. The van der Waals surface area contributed by atoms with Crippen molar-refractivity contribution < 1.29 is 10.0 Å². The molecule has 0 fully saturated rings. The highest BCUT2D eigenvalue weighted by Gasteiger charge is 2.22. The van der Waals surface area contributed by atoms with Gasteiger partial charge in [0.1, 0.15) is 0 Å². The number of hydrogen-bond acceptors (Lipinski definition) is 2. The quantitative estimate of drug-likeness (QED) is 0.289. The fraction of sp³-hybridized carbons (Fsp3) is 0. The third-order valence-corrected chi connectivity index (χ3v) is 5.23. The third-order valence-electron chi connectivity index (χ3n) is 5.23. The Morgan fingerprint density at radius 1 is 0.759 bits per heavy atom. The van der Waals surface area contributed by atoms with Crippen LogP contribution in [0.1, 0.15) is 5.56 Å².